The molecule has 1 fully saturated rings. The van der Waals surface area contributed by atoms with Crippen molar-refractivity contribution < 1.29 is 0 Å². The van der Waals surface area contributed by atoms with Gasteiger partial charge in [0.15, 0.2) is 0 Å². The van der Waals surface area contributed by atoms with Gasteiger partial charge in [0.05, 0.1) is 0 Å². The summed E-state index contributed by atoms with van der Waals surface area (Å²) < 4.78 is 0. The second-order valence-corrected chi connectivity index (χ2v) is 7.58. The first-order valence-electron chi connectivity index (χ1n) is 10.2. The maximum atomic E-state index is 2.76. The zero-order valence-electron chi connectivity index (χ0n) is 16.1. The van der Waals surface area contributed by atoms with Crippen molar-refractivity contribution in [3.05, 3.63) is 47.5 Å². The molecule has 1 aliphatic rings. The van der Waals surface area contributed by atoms with Gasteiger partial charge in [0, 0.05) is 12.6 Å². The SMILES string of the molecule is CCCN(CC/C=C\Cc1ccc(CC)cc1)C1CCC(C)CC1. The Labute approximate surface area is 150 Å². The van der Waals surface area contributed by atoms with E-state index in [1.54, 1.807) is 0 Å². The van der Waals surface area contributed by atoms with E-state index in [2.05, 4.69) is 62.1 Å². The lowest BCUT2D eigenvalue weighted by Gasteiger charge is -2.36. The summed E-state index contributed by atoms with van der Waals surface area (Å²) in [7, 11) is 0. The van der Waals surface area contributed by atoms with Crippen molar-refractivity contribution in [2.45, 2.75) is 78.2 Å². The van der Waals surface area contributed by atoms with Gasteiger partial charge in [-0.1, -0.05) is 57.2 Å². The largest absolute Gasteiger partial charge is 0.300 e. The minimum absolute atomic E-state index is 0.844. The molecule has 2 rings (SSSR count). The van der Waals surface area contributed by atoms with E-state index in [0.29, 0.717) is 0 Å². The van der Waals surface area contributed by atoms with Crippen LogP contribution < -0.4 is 0 Å². The maximum Gasteiger partial charge on any atom is 0.00955 e. The van der Waals surface area contributed by atoms with Gasteiger partial charge in [0.1, 0.15) is 0 Å². The van der Waals surface area contributed by atoms with Crippen LogP contribution in [0.25, 0.3) is 0 Å². The van der Waals surface area contributed by atoms with Gasteiger partial charge in [-0.15, -0.1) is 0 Å². The fraction of sp³-hybridized carbons (Fsp3) is 0.652. The molecule has 0 N–H and O–H groups in total. The molecule has 0 aliphatic heterocycles. The van der Waals surface area contributed by atoms with Gasteiger partial charge in [0.25, 0.3) is 0 Å². The van der Waals surface area contributed by atoms with E-state index in [4.69, 9.17) is 0 Å². The first-order chi connectivity index (χ1) is 11.7. The molecule has 134 valence electrons. The van der Waals surface area contributed by atoms with Crippen molar-refractivity contribution in [3.8, 4) is 0 Å². The number of hydrogen-bond donors (Lipinski definition) is 0. The van der Waals surface area contributed by atoms with Crippen molar-refractivity contribution in [1.29, 1.82) is 0 Å². The van der Waals surface area contributed by atoms with Crippen LogP contribution >= 0.6 is 0 Å². The van der Waals surface area contributed by atoms with Gasteiger partial charge in [-0.25, -0.2) is 0 Å². The molecule has 0 unspecified atom stereocenters. The van der Waals surface area contributed by atoms with Crippen LogP contribution in [0.1, 0.15) is 70.4 Å². The Morgan fingerprint density at radius 1 is 0.917 bits per heavy atom. The van der Waals surface area contributed by atoms with Gasteiger partial charge in [0.2, 0.25) is 0 Å². The summed E-state index contributed by atoms with van der Waals surface area (Å²) in [4.78, 5) is 2.76. The molecule has 0 atom stereocenters. The topological polar surface area (TPSA) is 3.24 Å². The van der Waals surface area contributed by atoms with Crippen LogP contribution in [0.2, 0.25) is 0 Å². The highest BCUT2D eigenvalue weighted by atomic mass is 15.1. The van der Waals surface area contributed by atoms with E-state index in [9.17, 15) is 0 Å². The van der Waals surface area contributed by atoms with Gasteiger partial charge >= 0.3 is 0 Å². The highest BCUT2D eigenvalue weighted by Crippen LogP contribution is 2.27. The highest BCUT2D eigenvalue weighted by molar-refractivity contribution is 5.24. The third-order valence-corrected chi connectivity index (χ3v) is 5.55. The molecule has 0 bridgehead atoms. The number of allylic oxidation sites excluding steroid dienone is 1. The molecule has 1 aromatic rings. The van der Waals surface area contributed by atoms with Gasteiger partial charge in [-0.3, -0.25) is 0 Å². The summed E-state index contributed by atoms with van der Waals surface area (Å²) in [6.07, 6.45) is 15.1. The molecule has 0 radical (unpaired) electrons. The molecule has 0 saturated heterocycles. The molecule has 1 aliphatic carbocycles. The molecule has 1 heteroatoms. The summed E-state index contributed by atoms with van der Waals surface area (Å²) in [6, 6.07) is 9.91. The first-order valence-corrected chi connectivity index (χ1v) is 10.2. The molecule has 1 nitrogen and oxygen atoms in total. The number of aryl methyl sites for hydroxylation is 1. The first kappa shape index (κ1) is 19.2. The molecule has 0 heterocycles. The summed E-state index contributed by atoms with van der Waals surface area (Å²) in [5.74, 6) is 0.948. The number of nitrogens with zero attached hydrogens (tertiary/aromatic N) is 1. The van der Waals surface area contributed by atoms with Crippen LogP contribution in [-0.2, 0) is 12.8 Å². The van der Waals surface area contributed by atoms with Crippen molar-refractivity contribution in [2.24, 2.45) is 5.92 Å². The van der Waals surface area contributed by atoms with Crippen molar-refractivity contribution in [2.75, 3.05) is 13.1 Å². The molecule has 0 amide bonds. The Kier molecular flexibility index (Phi) is 8.59. The summed E-state index contributed by atoms with van der Waals surface area (Å²) >= 11 is 0. The van der Waals surface area contributed by atoms with Crippen molar-refractivity contribution in [1.82, 2.24) is 4.90 Å². The number of benzene rings is 1. The Balaban J connectivity index is 1.73. The van der Waals surface area contributed by atoms with E-state index in [1.807, 2.05) is 0 Å². The monoisotopic (exact) mass is 327 g/mol. The van der Waals surface area contributed by atoms with Crippen LogP contribution in [0, 0.1) is 5.92 Å². The standard InChI is InChI=1S/C23H37N/c1-4-18-24(23-16-10-20(3)11-17-23)19-8-6-7-9-22-14-12-21(5-2)13-15-22/h6-7,12-15,20,23H,4-5,8-11,16-19H2,1-3H3/b7-6-. The quantitative estimate of drug-likeness (QED) is 0.501. The van der Waals surface area contributed by atoms with Gasteiger partial charge < -0.3 is 4.90 Å². The second kappa shape index (κ2) is 10.7. The molecule has 1 aromatic carbocycles. The Bertz CT molecular complexity index is 465. The lowest BCUT2D eigenvalue weighted by Crippen LogP contribution is -2.38. The fourth-order valence-electron chi connectivity index (χ4n) is 3.86. The van der Waals surface area contributed by atoms with Gasteiger partial charge in [-0.05, 0) is 75.0 Å². The van der Waals surface area contributed by atoms with Crippen LogP contribution in [0.15, 0.2) is 36.4 Å². The van der Waals surface area contributed by atoms with Crippen molar-refractivity contribution >= 4 is 0 Å². The fourth-order valence-corrected chi connectivity index (χ4v) is 3.86. The van der Waals surface area contributed by atoms with Gasteiger partial charge in [-0.2, -0.15) is 0 Å². The predicted octanol–water partition coefficient (Wildman–Crippen LogP) is 6.03. The van der Waals surface area contributed by atoms with E-state index in [0.717, 1.165) is 24.8 Å². The molecular weight excluding hydrogens is 290 g/mol. The zero-order valence-corrected chi connectivity index (χ0v) is 16.1. The molecular formula is C23H37N. The molecule has 24 heavy (non-hydrogen) atoms. The summed E-state index contributed by atoms with van der Waals surface area (Å²) in [5.41, 5.74) is 2.86. The van der Waals surface area contributed by atoms with Crippen molar-refractivity contribution in [3.63, 3.8) is 0 Å². The zero-order chi connectivity index (χ0) is 17.2. The summed E-state index contributed by atoms with van der Waals surface area (Å²) in [5, 5.41) is 0. The van der Waals surface area contributed by atoms with E-state index in [1.165, 1.54) is 62.7 Å². The Hall–Kier alpha value is -1.08. The summed E-state index contributed by atoms with van der Waals surface area (Å²) in [6.45, 7) is 9.44. The third kappa shape index (κ3) is 6.43. The molecule has 1 saturated carbocycles. The number of rotatable bonds is 9. The van der Waals surface area contributed by atoms with E-state index >= 15 is 0 Å². The van der Waals surface area contributed by atoms with Crippen LogP contribution in [0.3, 0.4) is 0 Å². The predicted molar refractivity (Wildman–Crippen MR) is 107 cm³/mol. The average molecular weight is 328 g/mol. The lowest BCUT2D eigenvalue weighted by atomic mass is 9.86. The minimum atomic E-state index is 0.844. The van der Waals surface area contributed by atoms with E-state index < -0.39 is 0 Å². The normalized spacial score (nSPS) is 21.7. The van der Waals surface area contributed by atoms with Crippen LogP contribution in [-0.4, -0.2) is 24.0 Å². The molecule has 0 aromatic heterocycles. The highest BCUT2D eigenvalue weighted by Gasteiger charge is 2.22. The minimum Gasteiger partial charge on any atom is -0.300 e. The van der Waals surface area contributed by atoms with Crippen LogP contribution in [0.5, 0.6) is 0 Å². The Morgan fingerprint density at radius 2 is 1.58 bits per heavy atom. The average Bonchev–Trinajstić information content (AvgIpc) is 2.62. The number of hydrogen-bond acceptors (Lipinski definition) is 1. The van der Waals surface area contributed by atoms with E-state index in [-0.39, 0.29) is 0 Å². The molecule has 0 spiro atoms. The maximum absolute atomic E-state index is 2.76. The Morgan fingerprint density at radius 3 is 2.21 bits per heavy atom. The smallest absolute Gasteiger partial charge is 0.00955 e. The van der Waals surface area contributed by atoms with Crippen LogP contribution in [0.4, 0.5) is 0 Å². The second-order valence-electron chi connectivity index (χ2n) is 7.58. The lowest BCUT2D eigenvalue weighted by molar-refractivity contribution is 0.142. The third-order valence-electron chi connectivity index (χ3n) is 5.55.